The van der Waals surface area contributed by atoms with Gasteiger partial charge >= 0.3 is 0 Å². The first-order valence-corrected chi connectivity index (χ1v) is 7.84. The molecule has 0 aromatic heterocycles. The van der Waals surface area contributed by atoms with Gasteiger partial charge in [0.2, 0.25) is 5.91 Å². The molecule has 0 spiro atoms. The zero-order valence-corrected chi connectivity index (χ0v) is 15.9. The molecule has 0 atom stereocenters. The fourth-order valence-corrected chi connectivity index (χ4v) is 2.87. The predicted molar refractivity (Wildman–Crippen MR) is 103 cm³/mol. The summed E-state index contributed by atoms with van der Waals surface area (Å²) in [7, 11) is 0. The van der Waals surface area contributed by atoms with Gasteiger partial charge in [0, 0.05) is 36.6 Å². The van der Waals surface area contributed by atoms with Gasteiger partial charge < -0.3 is 9.88 Å². The van der Waals surface area contributed by atoms with Gasteiger partial charge in [0.05, 0.1) is 0 Å². The number of halogens is 1. The number of hydrogen-bond donors (Lipinski definition) is 1. The molecule has 5 heteroatoms. The van der Waals surface area contributed by atoms with Gasteiger partial charge in [0.15, 0.2) is 0 Å². The third kappa shape index (κ3) is 3.67. The maximum absolute atomic E-state index is 11.3. The minimum absolute atomic E-state index is 0. The molecule has 1 aromatic carbocycles. The van der Waals surface area contributed by atoms with Gasteiger partial charge in [-0.3, -0.25) is 4.79 Å². The maximum atomic E-state index is 11.3. The Labute approximate surface area is 153 Å². The number of aromatic nitrogens is 2. The van der Waals surface area contributed by atoms with Crippen molar-refractivity contribution in [3.63, 3.8) is 0 Å². The van der Waals surface area contributed by atoms with Crippen LogP contribution < -0.4 is 5.32 Å². The Morgan fingerprint density at radius 3 is 2.67 bits per heavy atom. The molecule has 0 aliphatic carbocycles. The number of carbonyl (C=O) groups excluding carboxylic acids is 1. The molecule has 0 fully saturated rings. The fourth-order valence-electron chi connectivity index (χ4n) is 2.87. The Morgan fingerprint density at radius 2 is 1.92 bits per heavy atom. The van der Waals surface area contributed by atoms with Crippen LogP contribution in [-0.4, -0.2) is 15.5 Å². The molecular weight excluding hydrogens is 366 g/mol. The number of para-hydroxylation sites is 1. The molecule has 24 heavy (non-hydrogen) atoms. The number of hydrogen-bond acceptors (Lipinski definition) is 2. The van der Waals surface area contributed by atoms with Crippen molar-refractivity contribution in [1.82, 2.24) is 9.55 Å². The van der Waals surface area contributed by atoms with Crippen LogP contribution in [0.3, 0.4) is 0 Å². The van der Waals surface area contributed by atoms with Crippen LogP contribution >= 0.6 is 17.0 Å². The highest BCUT2D eigenvalue weighted by Gasteiger charge is 2.14. The summed E-state index contributed by atoms with van der Waals surface area (Å²) in [4.78, 5) is 16.0. The van der Waals surface area contributed by atoms with Gasteiger partial charge in [-0.25, -0.2) is 4.98 Å². The van der Waals surface area contributed by atoms with E-state index in [1.165, 1.54) is 18.1 Å². The van der Waals surface area contributed by atoms with E-state index in [0.717, 1.165) is 35.7 Å². The van der Waals surface area contributed by atoms with Crippen molar-refractivity contribution >= 4 is 28.6 Å². The number of pyridine rings is 1. The summed E-state index contributed by atoms with van der Waals surface area (Å²) in [5.74, 6) is 0.982. The lowest BCUT2D eigenvalue weighted by Crippen LogP contribution is -2.10. The Balaban J connectivity index is 0.00000208. The van der Waals surface area contributed by atoms with E-state index in [2.05, 4.69) is 46.2 Å². The van der Waals surface area contributed by atoms with Gasteiger partial charge in [-0.1, -0.05) is 18.2 Å². The van der Waals surface area contributed by atoms with E-state index in [4.69, 9.17) is 0 Å². The van der Waals surface area contributed by atoms with Gasteiger partial charge in [-0.2, -0.15) is 0 Å². The van der Waals surface area contributed by atoms with Crippen molar-refractivity contribution < 1.29 is 4.79 Å². The molecule has 0 radical (unpaired) electrons. The second-order valence-corrected chi connectivity index (χ2v) is 5.85. The molecule has 0 saturated carbocycles. The van der Waals surface area contributed by atoms with Gasteiger partial charge in [0.25, 0.3) is 0 Å². The van der Waals surface area contributed by atoms with Crippen LogP contribution in [0.25, 0.3) is 11.4 Å². The standard InChI is InChI=1S/C19H21N3O.BrH/c1-13-14(2)20-19-17(13)8-6-11-22(19)12-10-16-7-4-5-9-18(16)21-15(3)23;/h4-9,11H,10,12H2,1-3H3,(H,21,23);1H. The van der Waals surface area contributed by atoms with Crippen LogP contribution in [0, 0.1) is 13.8 Å². The summed E-state index contributed by atoms with van der Waals surface area (Å²) in [5, 5.41) is 2.90. The Morgan fingerprint density at radius 1 is 1.17 bits per heavy atom. The highest BCUT2D eigenvalue weighted by atomic mass is 79.9. The van der Waals surface area contributed by atoms with Crippen molar-refractivity contribution in [2.45, 2.75) is 33.7 Å². The summed E-state index contributed by atoms with van der Waals surface area (Å²) < 4.78 is 2.18. The molecule has 2 aliphatic heterocycles. The third-order valence-corrected chi connectivity index (χ3v) is 4.21. The minimum Gasteiger partial charge on any atom is -0.332 e. The maximum Gasteiger partial charge on any atom is 0.221 e. The van der Waals surface area contributed by atoms with E-state index in [0.29, 0.717) is 0 Å². The lowest BCUT2D eigenvalue weighted by atomic mass is 10.1. The molecule has 3 rings (SSSR count). The molecule has 2 heterocycles. The first kappa shape index (κ1) is 18.2. The average Bonchev–Trinajstić information content (AvgIpc) is 2.82. The van der Waals surface area contributed by atoms with E-state index in [9.17, 15) is 4.79 Å². The van der Waals surface area contributed by atoms with Crippen molar-refractivity contribution in [3.8, 4) is 11.4 Å². The number of amides is 1. The first-order chi connectivity index (χ1) is 11.1. The molecule has 0 bridgehead atoms. The van der Waals surface area contributed by atoms with E-state index in [1.807, 2.05) is 25.1 Å². The van der Waals surface area contributed by atoms with Crippen LogP contribution in [0.5, 0.6) is 0 Å². The summed E-state index contributed by atoms with van der Waals surface area (Å²) in [5.41, 5.74) is 5.55. The number of aryl methyl sites for hydroxylation is 3. The molecule has 4 nitrogen and oxygen atoms in total. The summed E-state index contributed by atoms with van der Waals surface area (Å²) in [6.45, 7) is 6.52. The molecule has 0 unspecified atom stereocenters. The van der Waals surface area contributed by atoms with Crippen LogP contribution in [-0.2, 0) is 17.8 Å². The summed E-state index contributed by atoms with van der Waals surface area (Å²) in [6, 6.07) is 12.1. The quantitative estimate of drug-likeness (QED) is 0.721. The molecular formula is C19H22BrN3O. The van der Waals surface area contributed by atoms with Crippen LogP contribution in [0.1, 0.15) is 23.7 Å². The largest absolute Gasteiger partial charge is 0.332 e. The number of nitrogens with one attached hydrogen (secondary N) is 1. The third-order valence-electron chi connectivity index (χ3n) is 4.21. The van der Waals surface area contributed by atoms with Crippen LogP contribution in [0.2, 0.25) is 0 Å². The topological polar surface area (TPSA) is 46.9 Å². The number of carbonyl (C=O) groups is 1. The lowest BCUT2D eigenvalue weighted by molar-refractivity contribution is -0.114. The molecule has 0 saturated heterocycles. The summed E-state index contributed by atoms with van der Waals surface area (Å²) >= 11 is 0. The first-order valence-electron chi connectivity index (χ1n) is 7.84. The molecule has 1 amide bonds. The zero-order chi connectivity index (χ0) is 16.4. The fraction of sp³-hybridized carbons (Fsp3) is 0.263. The average molecular weight is 388 g/mol. The number of rotatable bonds is 4. The summed E-state index contributed by atoms with van der Waals surface area (Å²) in [6.07, 6.45) is 2.90. The predicted octanol–water partition coefficient (Wildman–Crippen LogP) is 4.38. The van der Waals surface area contributed by atoms with Gasteiger partial charge in [-0.15, -0.1) is 17.0 Å². The number of anilines is 1. The Bertz CT molecular complexity index is 825. The Kier molecular flexibility index (Phi) is 5.78. The van der Waals surface area contributed by atoms with Crippen molar-refractivity contribution in [1.29, 1.82) is 0 Å². The van der Waals surface area contributed by atoms with Crippen molar-refractivity contribution in [3.05, 3.63) is 59.4 Å². The van der Waals surface area contributed by atoms with Crippen molar-refractivity contribution in [2.24, 2.45) is 0 Å². The molecule has 2 aliphatic rings. The number of nitrogens with zero attached hydrogens (tertiary/aromatic N) is 2. The van der Waals surface area contributed by atoms with E-state index >= 15 is 0 Å². The second kappa shape index (κ2) is 7.62. The molecule has 1 aromatic rings. The van der Waals surface area contributed by atoms with Gasteiger partial charge in [0.1, 0.15) is 5.82 Å². The Hall–Kier alpha value is -2.14. The SMILES string of the molecule is Br.CC(=O)Nc1ccccc1CCn1cccc2c(C)c(C)nc1-2. The van der Waals surface area contributed by atoms with Gasteiger partial charge in [-0.05, 0) is 49.6 Å². The normalized spacial score (nSPS) is 10.5. The minimum atomic E-state index is -0.0452. The van der Waals surface area contributed by atoms with Crippen LogP contribution in [0.15, 0.2) is 42.6 Å². The smallest absolute Gasteiger partial charge is 0.221 e. The van der Waals surface area contributed by atoms with Crippen molar-refractivity contribution in [2.75, 3.05) is 5.32 Å². The van der Waals surface area contributed by atoms with E-state index in [1.54, 1.807) is 0 Å². The highest BCUT2D eigenvalue weighted by molar-refractivity contribution is 8.93. The highest BCUT2D eigenvalue weighted by Crippen LogP contribution is 2.27. The number of fused-ring (bicyclic) bond motifs is 1. The molecule has 126 valence electrons. The number of benzene rings is 1. The molecule has 1 N–H and O–H groups in total. The zero-order valence-electron chi connectivity index (χ0n) is 14.2. The van der Waals surface area contributed by atoms with Crippen LogP contribution in [0.4, 0.5) is 5.69 Å². The lowest BCUT2D eigenvalue weighted by Gasteiger charge is -2.14. The van der Waals surface area contributed by atoms with E-state index < -0.39 is 0 Å². The second-order valence-electron chi connectivity index (χ2n) is 5.85. The van der Waals surface area contributed by atoms with E-state index in [-0.39, 0.29) is 22.9 Å². The monoisotopic (exact) mass is 387 g/mol.